The molecule has 2 rings (SSSR count). The maximum Gasteiger partial charge on any atom is 0.326 e. The number of aromatic nitrogens is 1. The van der Waals surface area contributed by atoms with E-state index >= 15 is 0 Å². The molecule has 3 amide bonds. The van der Waals surface area contributed by atoms with Crippen molar-refractivity contribution in [2.75, 3.05) is 18.8 Å². The molecule has 0 radical (unpaired) electrons. The number of aliphatic imine (C=N–C) groups is 2. The zero-order chi connectivity index (χ0) is 31.9. The fourth-order valence-electron chi connectivity index (χ4n) is 4.16. The van der Waals surface area contributed by atoms with Gasteiger partial charge in [-0.25, -0.2) is 4.79 Å². The van der Waals surface area contributed by atoms with Gasteiger partial charge in [-0.15, -0.1) is 0 Å². The monoisotopic (exact) mass is 619 g/mol. The summed E-state index contributed by atoms with van der Waals surface area (Å²) >= 11 is 4.17. The minimum atomic E-state index is -1.26. The Morgan fingerprint density at radius 3 is 2.00 bits per heavy atom. The van der Waals surface area contributed by atoms with Gasteiger partial charge in [0.2, 0.25) is 17.7 Å². The van der Waals surface area contributed by atoms with Crippen molar-refractivity contribution in [2.45, 2.75) is 56.3 Å². The second-order valence-electron chi connectivity index (χ2n) is 9.77. The van der Waals surface area contributed by atoms with Crippen LogP contribution in [0, 0.1) is 0 Å². The van der Waals surface area contributed by atoms with Gasteiger partial charge in [-0.2, -0.15) is 12.6 Å². The smallest absolute Gasteiger partial charge is 0.326 e. The Balaban J connectivity index is 2.16. The van der Waals surface area contributed by atoms with Gasteiger partial charge >= 0.3 is 5.97 Å². The SMILES string of the molecule is NC(N)=NCCC[C@H](NC(=O)[C@H](CS)NC(=O)[C@H](Cc1c[nH]c2ccccc12)NC(=O)[C@@H](N)CCCN=C(N)N)C(=O)O. The summed E-state index contributed by atoms with van der Waals surface area (Å²) in [6.45, 7) is 0.466. The van der Waals surface area contributed by atoms with E-state index in [1.54, 1.807) is 6.20 Å². The van der Waals surface area contributed by atoms with Crippen LogP contribution in [0.4, 0.5) is 0 Å². The van der Waals surface area contributed by atoms with Gasteiger partial charge in [-0.3, -0.25) is 24.4 Å². The second-order valence-corrected chi connectivity index (χ2v) is 10.1. The molecule has 43 heavy (non-hydrogen) atoms. The number of aromatic amines is 1. The number of nitrogens with one attached hydrogen (secondary N) is 4. The molecule has 16 nitrogen and oxygen atoms in total. The molecule has 0 aliphatic heterocycles. The Morgan fingerprint density at radius 1 is 0.837 bits per heavy atom. The quantitative estimate of drug-likeness (QED) is 0.0364. The van der Waals surface area contributed by atoms with Gasteiger partial charge in [0.05, 0.1) is 6.04 Å². The lowest BCUT2D eigenvalue weighted by atomic mass is 10.0. The van der Waals surface area contributed by atoms with E-state index in [9.17, 15) is 24.3 Å². The number of benzene rings is 1. The average molecular weight is 620 g/mol. The molecule has 0 saturated carbocycles. The van der Waals surface area contributed by atoms with Crippen LogP contribution in [-0.4, -0.2) is 88.7 Å². The lowest BCUT2D eigenvalue weighted by molar-refractivity contribution is -0.142. The number of thiol groups is 1. The Hall–Kier alpha value is -4.51. The number of rotatable bonds is 18. The molecular formula is C26H41N11O5S. The Bertz CT molecular complexity index is 1310. The second kappa shape index (κ2) is 17.4. The number of amides is 3. The highest BCUT2D eigenvalue weighted by molar-refractivity contribution is 7.80. The summed E-state index contributed by atoms with van der Waals surface area (Å²) in [5.74, 6) is -3.63. The largest absolute Gasteiger partial charge is 0.480 e. The first kappa shape index (κ1) is 34.7. The highest BCUT2D eigenvalue weighted by atomic mass is 32.1. The van der Waals surface area contributed by atoms with Crippen molar-refractivity contribution in [1.82, 2.24) is 20.9 Å². The number of fused-ring (bicyclic) bond motifs is 1. The maximum atomic E-state index is 13.5. The van der Waals surface area contributed by atoms with Crippen LogP contribution in [-0.2, 0) is 25.6 Å². The van der Waals surface area contributed by atoms with E-state index in [4.69, 9.17) is 28.7 Å². The van der Waals surface area contributed by atoms with Crippen molar-refractivity contribution < 1.29 is 24.3 Å². The molecule has 0 aliphatic rings. The lowest BCUT2D eigenvalue weighted by Gasteiger charge is -2.24. The molecule has 0 bridgehead atoms. The summed E-state index contributed by atoms with van der Waals surface area (Å²) in [6.07, 6.45) is 2.83. The predicted octanol–water partition coefficient (Wildman–Crippen LogP) is -2.39. The van der Waals surface area contributed by atoms with E-state index in [1.165, 1.54) is 0 Å². The van der Waals surface area contributed by atoms with Crippen LogP contribution < -0.4 is 44.6 Å². The highest BCUT2D eigenvalue weighted by Crippen LogP contribution is 2.19. The third-order valence-corrected chi connectivity index (χ3v) is 6.78. The van der Waals surface area contributed by atoms with Crippen molar-refractivity contribution in [3.05, 3.63) is 36.0 Å². The molecule has 0 unspecified atom stereocenters. The molecule has 17 heteroatoms. The van der Waals surface area contributed by atoms with E-state index in [0.29, 0.717) is 6.42 Å². The number of aliphatic carboxylic acids is 1. The first-order valence-electron chi connectivity index (χ1n) is 13.6. The van der Waals surface area contributed by atoms with E-state index in [0.717, 1.165) is 16.5 Å². The van der Waals surface area contributed by atoms with Crippen LogP contribution in [0.25, 0.3) is 10.9 Å². The Kier molecular flexibility index (Phi) is 14.1. The number of hydrogen-bond donors (Lipinski definition) is 11. The van der Waals surface area contributed by atoms with Crippen molar-refractivity contribution in [1.29, 1.82) is 0 Å². The predicted molar refractivity (Wildman–Crippen MR) is 167 cm³/mol. The normalized spacial score (nSPS) is 13.6. The van der Waals surface area contributed by atoms with Crippen LogP contribution in [0.3, 0.4) is 0 Å². The first-order chi connectivity index (χ1) is 20.4. The standard InChI is InChI=1S/C26H41N11O5S/c27-16(6-3-9-32-25(28)29)21(38)36-19(11-14-12-34-17-7-2-1-5-15(14)17)22(39)37-20(13-43)23(40)35-18(24(41)42)8-4-10-33-26(30)31/h1-2,5,7,12,16,18-20,34,43H,3-4,6,8-11,13,27H2,(H,35,40)(H,36,38)(H,37,39)(H,41,42)(H4,28,29,32)(H4,30,31,33)/t16-,18-,19-,20-/m0/s1. The Labute approximate surface area is 254 Å². The highest BCUT2D eigenvalue weighted by Gasteiger charge is 2.30. The minimum absolute atomic E-state index is 0.0470. The molecule has 236 valence electrons. The Morgan fingerprint density at radius 2 is 1.40 bits per heavy atom. The average Bonchev–Trinajstić information content (AvgIpc) is 3.37. The minimum Gasteiger partial charge on any atom is -0.480 e. The summed E-state index contributed by atoms with van der Waals surface area (Å²) in [4.78, 5) is 61.9. The van der Waals surface area contributed by atoms with E-state index in [1.807, 2.05) is 24.3 Å². The summed E-state index contributed by atoms with van der Waals surface area (Å²) in [6, 6.07) is 2.92. The topological polar surface area (TPSA) is 295 Å². The van der Waals surface area contributed by atoms with Crippen LogP contribution in [0.2, 0.25) is 0 Å². The molecule has 1 aromatic heterocycles. The van der Waals surface area contributed by atoms with Gasteiger partial charge in [0.15, 0.2) is 11.9 Å². The van der Waals surface area contributed by atoms with E-state index < -0.39 is 47.9 Å². The number of nitrogens with two attached hydrogens (primary N) is 5. The third kappa shape index (κ3) is 11.7. The van der Waals surface area contributed by atoms with Crippen molar-refractivity contribution >= 4 is 59.1 Å². The zero-order valence-corrected chi connectivity index (χ0v) is 24.6. The maximum absolute atomic E-state index is 13.5. The van der Waals surface area contributed by atoms with Gasteiger partial charge < -0.3 is 54.7 Å². The van der Waals surface area contributed by atoms with Gasteiger partial charge in [-0.05, 0) is 37.3 Å². The van der Waals surface area contributed by atoms with Crippen LogP contribution in [0.15, 0.2) is 40.4 Å². The van der Waals surface area contributed by atoms with Gasteiger partial charge in [0.25, 0.3) is 0 Å². The molecule has 0 spiro atoms. The number of nitrogens with zero attached hydrogens (tertiary/aromatic N) is 2. The third-order valence-electron chi connectivity index (χ3n) is 6.41. The van der Waals surface area contributed by atoms with E-state index in [2.05, 4.69) is 43.5 Å². The number of guanidine groups is 2. The lowest BCUT2D eigenvalue weighted by Crippen LogP contribution is -2.58. The summed E-state index contributed by atoms with van der Waals surface area (Å²) < 4.78 is 0. The van der Waals surface area contributed by atoms with E-state index in [-0.39, 0.29) is 56.4 Å². The number of carboxylic acids is 1. The molecule has 0 fully saturated rings. The van der Waals surface area contributed by atoms with Crippen LogP contribution in [0.1, 0.15) is 31.2 Å². The molecule has 2 aromatic rings. The summed E-state index contributed by atoms with van der Waals surface area (Å²) in [5, 5.41) is 18.1. The number of carbonyl (C=O) groups excluding carboxylic acids is 3. The number of hydrogen-bond acceptors (Lipinski definition) is 8. The van der Waals surface area contributed by atoms with Crippen molar-refractivity contribution in [3.63, 3.8) is 0 Å². The van der Waals surface area contributed by atoms with Gasteiger partial charge in [-0.1, -0.05) is 18.2 Å². The number of para-hydroxylation sites is 1. The molecule has 1 aromatic carbocycles. The molecule has 15 N–H and O–H groups in total. The fraction of sp³-hybridized carbons (Fsp3) is 0.462. The fourth-order valence-corrected chi connectivity index (χ4v) is 4.42. The summed E-state index contributed by atoms with van der Waals surface area (Å²) in [5.41, 5.74) is 28.8. The van der Waals surface area contributed by atoms with Gasteiger partial charge in [0, 0.05) is 42.4 Å². The molecular weight excluding hydrogens is 578 g/mol. The zero-order valence-electron chi connectivity index (χ0n) is 23.7. The van der Waals surface area contributed by atoms with Gasteiger partial charge in [0.1, 0.15) is 18.1 Å². The first-order valence-corrected chi connectivity index (χ1v) is 14.2. The van der Waals surface area contributed by atoms with Crippen molar-refractivity contribution in [3.8, 4) is 0 Å². The number of carboxylic acid groups (broad SMARTS) is 1. The van der Waals surface area contributed by atoms with Crippen LogP contribution >= 0.6 is 12.6 Å². The number of H-pyrrole nitrogens is 1. The number of carbonyl (C=O) groups is 4. The molecule has 0 saturated heterocycles. The summed E-state index contributed by atoms with van der Waals surface area (Å²) in [7, 11) is 0. The molecule has 4 atom stereocenters. The molecule has 0 aliphatic carbocycles. The van der Waals surface area contributed by atoms with Crippen LogP contribution in [0.5, 0.6) is 0 Å². The van der Waals surface area contributed by atoms with Crippen molar-refractivity contribution in [2.24, 2.45) is 38.7 Å². The molecule has 1 heterocycles.